The van der Waals surface area contributed by atoms with Crippen molar-refractivity contribution in [3.63, 3.8) is 0 Å². The van der Waals surface area contributed by atoms with Gasteiger partial charge in [0.2, 0.25) is 11.8 Å². The average molecular weight is 290 g/mol. The van der Waals surface area contributed by atoms with Crippen molar-refractivity contribution in [2.75, 3.05) is 26.2 Å². The smallest absolute Gasteiger partial charge is 0.226 e. The van der Waals surface area contributed by atoms with Gasteiger partial charge in [-0.2, -0.15) is 0 Å². The molecular weight excluding hydrogens is 266 g/mol. The Balaban J connectivity index is 0.00000180. The van der Waals surface area contributed by atoms with Gasteiger partial charge in [0, 0.05) is 38.0 Å². The maximum Gasteiger partial charge on any atom is 0.226 e. The summed E-state index contributed by atoms with van der Waals surface area (Å²) in [6.45, 7) is 5.42. The van der Waals surface area contributed by atoms with Crippen LogP contribution in [0.25, 0.3) is 0 Å². The van der Waals surface area contributed by atoms with E-state index in [2.05, 4.69) is 17.6 Å². The summed E-state index contributed by atoms with van der Waals surface area (Å²) in [7, 11) is 0. The number of carbonyl (C=O) groups is 2. The fraction of sp³-hybridized carbons (Fsp3) is 0.846. The lowest BCUT2D eigenvalue weighted by Gasteiger charge is -2.33. The summed E-state index contributed by atoms with van der Waals surface area (Å²) in [6.07, 6.45) is 3.15. The predicted molar refractivity (Wildman–Crippen MR) is 76.3 cm³/mol. The van der Waals surface area contributed by atoms with Crippen molar-refractivity contribution in [3.8, 4) is 0 Å². The number of nitrogens with one attached hydrogen (secondary N) is 2. The molecule has 6 heteroatoms. The number of rotatable bonds is 4. The minimum absolute atomic E-state index is 0. The number of piperidine rings is 1. The van der Waals surface area contributed by atoms with E-state index in [-0.39, 0.29) is 30.1 Å². The topological polar surface area (TPSA) is 61.4 Å². The van der Waals surface area contributed by atoms with Crippen LogP contribution in [0.3, 0.4) is 0 Å². The lowest BCUT2D eigenvalue weighted by atomic mass is 9.95. The maximum atomic E-state index is 12.5. The molecule has 2 rings (SSSR count). The molecule has 0 aromatic carbocycles. The molecule has 2 amide bonds. The largest absolute Gasteiger partial charge is 0.356 e. The number of hydrogen-bond acceptors (Lipinski definition) is 3. The summed E-state index contributed by atoms with van der Waals surface area (Å²) >= 11 is 0. The van der Waals surface area contributed by atoms with E-state index in [4.69, 9.17) is 0 Å². The molecular formula is C13H24ClN3O2. The van der Waals surface area contributed by atoms with Crippen LogP contribution in [0.15, 0.2) is 0 Å². The zero-order valence-electron chi connectivity index (χ0n) is 11.5. The fourth-order valence-electron chi connectivity index (χ4n) is 2.85. The zero-order valence-corrected chi connectivity index (χ0v) is 12.3. The van der Waals surface area contributed by atoms with Crippen molar-refractivity contribution in [1.82, 2.24) is 15.5 Å². The van der Waals surface area contributed by atoms with E-state index >= 15 is 0 Å². The molecule has 2 N–H and O–H groups in total. The second kappa shape index (κ2) is 7.70. The van der Waals surface area contributed by atoms with Gasteiger partial charge in [0.15, 0.2) is 0 Å². The van der Waals surface area contributed by atoms with Crippen LogP contribution in [0, 0.1) is 5.92 Å². The van der Waals surface area contributed by atoms with Crippen LogP contribution in [0.1, 0.15) is 32.6 Å². The number of nitrogens with zero attached hydrogens (tertiary/aromatic N) is 1. The minimum atomic E-state index is -0.106. The third kappa shape index (κ3) is 4.08. The Bertz CT molecular complexity index is 319. The van der Waals surface area contributed by atoms with E-state index in [0.29, 0.717) is 19.0 Å². The normalized spacial score (nSPS) is 26.5. The van der Waals surface area contributed by atoms with Crippen molar-refractivity contribution in [2.24, 2.45) is 5.92 Å². The Labute approximate surface area is 120 Å². The van der Waals surface area contributed by atoms with Crippen LogP contribution >= 0.6 is 12.4 Å². The first kappa shape index (κ1) is 16.2. The van der Waals surface area contributed by atoms with Gasteiger partial charge in [-0.3, -0.25) is 9.59 Å². The Morgan fingerprint density at radius 1 is 1.37 bits per heavy atom. The first-order chi connectivity index (χ1) is 8.72. The van der Waals surface area contributed by atoms with Gasteiger partial charge >= 0.3 is 0 Å². The highest BCUT2D eigenvalue weighted by atomic mass is 35.5. The number of hydrogen-bond donors (Lipinski definition) is 2. The first-order valence-electron chi connectivity index (χ1n) is 7.00. The van der Waals surface area contributed by atoms with Gasteiger partial charge in [-0.15, -0.1) is 12.4 Å². The van der Waals surface area contributed by atoms with E-state index in [1.807, 2.05) is 4.90 Å². The third-order valence-corrected chi connectivity index (χ3v) is 3.82. The van der Waals surface area contributed by atoms with Gasteiger partial charge in [0.05, 0.1) is 0 Å². The summed E-state index contributed by atoms with van der Waals surface area (Å²) in [5.41, 5.74) is 0. The SMILES string of the molecule is CCCN(C(=O)C1CCNC(=O)C1)C1CCNC1.Cl. The molecule has 19 heavy (non-hydrogen) atoms. The Hall–Kier alpha value is -0.810. The summed E-state index contributed by atoms with van der Waals surface area (Å²) in [5, 5.41) is 6.09. The van der Waals surface area contributed by atoms with Gasteiger partial charge < -0.3 is 15.5 Å². The number of amides is 2. The van der Waals surface area contributed by atoms with Crippen LogP contribution in [0.5, 0.6) is 0 Å². The Kier molecular flexibility index (Phi) is 6.58. The molecule has 2 aliphatic rings. The summed E-state index contributed by atoms with van der Waals surface area (Å²) < 4.78 is 0. The van der Waals surface area contributed by atoms with Crippen LogP contribution < -0.4 is 10.6 Å². The summed E-state index contributed by atoms with van der Waals surface area (Å²) in [5.74, 6) is 0.0897. The average Bonchev–Trinajstić information content (AvgIpc) is 2.89. The quantitative estimate of drug-likeness (QED) is 0.794. The lowest BCUT2D eigenvalue weighted by Crippen LogP contribution is -2.48. The van der Waals surface area contributed by atoms with E-state index < -0.39 is 0 Å². The molecule has 0 bridgehead atoms. The molecule has 0 aromatic rings. The van der Waals surface area contributed by atoms with Gasteiger partial charge in [-0.05, 0) is 25.8 Å². The van der Waals surface area contributed by atoms with E-state index in [1.54, 1.807) is 0 Å². The second-order valence-corrected chi connectivity index (χ2v) is 5.22. The van der Waals surface area contributed by atoms with Gasteiger partial charge in [0.1, 0.15) is 0 Å². The van der Waals surface area contributed by atoms with Crippen molar-refractivity contribution < 1.29 is 9.59 Å². The molecule has 0 aromatic heterocycles. The van der Waals surface area contributed by atoms with Crippen molar-refractivity contribution in [3.05, 3.63) is 0 Å². The molecule has 2 saturated heterocycles. The van der Waals surface area contributed by atoms with E-state index in [9.17, 15) is 9.59 Å². The Morgan fingerprint density at radius 2 is 2.16 bits per heavy atom. The second-order valence-electron chi connectivity index (χ2n) is 5.22. The van der Waals surface area contributed by atoms with Crippen molar-refractivity contribution in [1.29, 1.82) is 0 Å². The molecule has 0 spiro atoms. The maximum absolute atomic E-state index is 12.5. The molecule has 2 aliphatic heterocycles. The number of halogens is 1. The first-order valence-corrected chi connectivity index (χ1v) is 7.00. The summed E-state index contributed by atoms with van der Waals surface area (Å²) in [4.78, 5) is 25.9. The molecule has 0 radical (unpaired) electrons. The molecule has 110 valence electrons. The Morgan fingerprint density at radius 3 is 2.74 bits per heavy atom. The zero-order chi connectivity index (χ0) is 13.0. The fourth-order valence-corrected chi connectivity index (χ4v) is 2.85. The number of carbonyl (C=O) groups excluding carboxylic acids is 2. The van der Waals surface area contributed by atoms with Crippen LogP contribution in [-0.4, -0.2) is 48.9 Å². The van der Waals surface area contributed by atoms with Crippen LogP contribution in [0.4, 0.5) is 0 Å². The van der Waals surface area contributed by atoms with Gasteiger partial charge in [-0.25, -0.2) is 0 Å². The highest BCUT2D eigenvalue weighted by Gasteiger charge is 2.33. The van der Waals surface area contributed by atoms with Crippen molar-refractivity contribution in [2.45, 2.75) is 38.6 Å². The summed E-state index contributed by atoms with van der Waals surface area (Å²) in [6, 6.07) is 0.322. The van der Waals surface area contributed by atoms with E-state index in [0.717, 1.165) is 38.9 Å². The van der Waals surface area contributed by atoms with Gasteiger partial charge in [0.25, 0.3) is 0 Å². The molecule has 2 atom stereocenters. The standard InChI is InChI=1S/C13H23N3O2.ClH/c1-2-7-16(11-4-5-14-9-11)13(18)10-3-6-15-12(17)8-10;/h10-11,14H,2-9H2,1H3,(H,15,17);1H. The molecule has 2 fully saturated rings. The monoisotopic (exact) mass is 289 g/mol. The van der Waals surface area contributed by atoms with E-state index in [1.165, 1.54) is 0 Å². The van der Waals surface area contributed by atoms with Crippen LogP contribution in [0.2, 0.25) is 0 Å². The minimum Gasteiger partial charge on any atom is -0.356 e. The molecule has 2 unspecified atom stereocenters. The lowest BCUT2D eigenvalue weighted by molar-refractivity contribution is -0.141. The molecule has 2 heterocycles. The molecule has 0 saturated carbocycles. The van der Waals surface area contributed by atoms with Gasteiger partial charge in [-0.1, -0.05) is 6.92 Å². The van der Waals surface area contributed by atoms with Crippen molar-refractivity contribution >= 4 is 24.2 Å². The third-order valence-electron chi connectivity index (χ3n) is 3.82. The molecule has 0 aliphatic carbocycles. The highest BCUT2D eigenvalue weighted by molar-refractivity contribution is 5.87. The predicted octanol–water partition coefficient (Wildman–Crippen LogP) is 0.535. The van der Waals surface area contributed by atoms with Crippen LogP contribution in [-0.2, 0) is 9.59 Å². The highest BCUT2D eigenvalue weighted by Crippen LogP contribution is 2.20. The molecule has 5 nitrogen and oxygen atoms in total.